The summed E-state index contributed by atoms with van der Waals surface area (Å²) in [6.45, 7) is 0. The highest BCUT2D eigenvalue weighted by atomic mass is 32.2. The predicted molar refractivity (Wildman–Crippen MR) is 88.4 cm³/mol. The minimum absolute atomic E-state index is 0.0806. The molecular formula is C16H17FN2O6S. The molecule has 0 aliphatic heterocycles. The number of halogens is 1. The van der Waals surface area contributed by atoms with Gasteiger partial charge in [0.1, 0.15) is 12.1 Å². The van der Waals surface area contributed by atoms with Crippen molar-refractivity contribution in [3.8, 4) is 0 Å². The Hall–Kier alpha value is -2.72. The number of benzene rings is 1. The highest BCUT2D eigenvalue weighted by Gasteiger charge is 2.25. The van der Waals surface area contributed by atoms with Gasteiger partial charge in [-0.1, -0.05) is 12.1 Å². The van der Waals surface area contributed by atoms with E-state index in [-0.39, 0.29) is 5.56 Å². The molecule has 1 heterocycles. The van der Waals surface area contributed by atoms with Crippen LogP contribution >= 0.6 is 0 Å². The Labute approximate surface area is 149 Å². The summed E-state index contributed by atoms with van der Waals surface area (Å²) in [5.41, 5.74) is 0.315. The average molecular weight is 384 g/mol. The Morgan fingerprint density at radius 2 is 1.88 bits per heavy atom. The van der Waals surface area contributed by atoms with Crippen molar-refractivity contribution in [2.45, 2.75) is 17.6 Å². The first-order valence-electron chi connectivity index (χ1n) is 7.40. The fourth-order valence-corrected chi connectivity index (χ4v) is 2.92. The van der Waals surface area contributed by atoms with Crippen LogP contribution in [0.1, 0.15) is 28.4 Å². The molecule has 0 aliphatic carbocycles. The lowest BCUT2D eigenvalue weighted by atomic mass is 10.0. The van der Waals surface area contributed by atoms with Crippen LogP contribution in [0.5, 0.6) is 0 Å². The van der Waals surface area contributed by atoms with Gasteiger partial charge >= 0.3 is 5.97 Å². The number of hydrogen-bond donors (Lipinski definition) is 2. The number of aliphatic carboxylic acids is 1. The molecule has 0 saturated heterocycles. The number of carboxylic acids is 1. The van der Waals surface area contributed by atoms with E-state index in [0.717, 1.165) is 28.8 Å². The SMILES string of the molecule is CN(C)S(=O)(=O)c1cc(C(=O)NC(CC(=O)O)c2ccc(F)cc2)co1. The molecule has 0 bridgehead atoms. The van der Waals surface area contributed by atoms with E-state index in [1.54, 1.807) is 0 Å². The van der Waals surface area contributed by atoms with E-state index >= 15 is 0 Å². The van der Waals surface area contributed by atoms with Gasteiger partial charge in [0.15, 0.2) is 0 Å². The maximum atomic E-state index is 13.0. The van der Waals surface area contributed by atoms with Crippen molar-refractivity contribution in [3.63, 3.8) is 0 Å². The number of rotatable bonds is 7. The summed E-state index contributed by atoms with van der Waals surface area (Å²) in [6, 6.07) is 5.14. The van der Waals surface area contributed by atoms with Crippen LogP contribution in [0, 0.1) is 5.82 Å². The summed E-state index contributed by atoms with van der Waals surface area (Å²) in [4.78, 5) is 23.4. The van der Waals surface area contributed by atoms with Crippen molar-refractivity contribution < 1.29 is 31.9 Å². The van der Waals surface area contributed by atoms with E-state index in [2.05, 4.69) is 5.32 Å². The van der Waals surface area contributed by atoms with Gasteiger partial charge in [-0.2, -0.15) is 0 Å². The molecule has 26 heavy (non-hydrogen) atoms. The molecule has 0 radical (unpaired) electrons. The van der Waals surface area contributed by atoms with Crippen LogP contribution in [0.4, 0.5) is 4.39 Å². The zero-order chi connectivity index (χ0) is 19.5. The summed E-state index contributed by atoms with van der Waals surface area (Å²) >= 11 is 0. The lowest BCUT2D eigenvalue weighted by Gasteiger charge is -2.17. The van der Waals surface area contributed by atoms with Crippen LogP contribution < -0.4 is 5.32 Å². The molecule has 0 spiro atoms. The molecule has 1 atom stereocenters. The van der Waals surface area contributed by atoms with Crippen LogP contribution in [0.3, 0.4) is 0 Å². The fraction of sp³-hybridized carbons (Fsp3) is 0.250. The van der Waals surface area contributed by atoms with E-state index < -0.39 is 45.3 Å². The van der Waals surface area contributed by atoms with E-state index in [1.807, 2.05) is 0 Å². The van der Waals surface area contributed by atoms with Gasteiger partial charge in [-0.05, 0) is 17.7 Å². The fourth-order valence-electron chi connectivity index (χ4n) is 2.11. The topological polar surface area (TPSA) is 117 Å². The van der Waals surface area contributed by atoms with Gasteiger partial charge in [0, 0.05) is 20.2 Å². The average Bonchev–Trinajstić information content (AvgIpc) is 3.05. The van der Waals surface area contributed by atoms with Crippen molar-refractivity contribution in [2.75, 3.05) is 14.1 Å². The monoisotopic (exact) mass is 384 g/mol. The molecule has 8 nitrogen and oxygen atoms in total. The second-order valence-electron chi connectivity index (χ2n) is 5.62. The van der Waals surface area contributed by atoms with Gasteiger partial charge < -0.3 is 14.8 Å². The quantitative estimate of drug-likeness (QED) is 0.749. The highest BCUT2D eigenvalue weighted by Crippen LogP contribution is 2.20. The van der Waals surface area contributed by atoms with E-state index in [1.165, 1.54) is 26.2 Å². The van der Waals surface area contributed by atoms with Gasteiger partial charge in [0.25, 0.3) is 15.9 Å². The predicted octanol–water partition coefficient (Wildman–Crippen LogP) is 1.61. The van der Waals surface area contributed by atoms with Crippen LogP contribution in [0.2, 0.25) is 0 Å². The van der Waals surface area contributed by atoms with Crippen LogP contribution in [-0.4, -0.2) is 43.8 Å². The van der Waals surface area contributed by atoms with Crippen molar-refractivity contribution in [1.82, 2.24) is 9.62 Å². The molecule has 0 aliphatic rings. The molecule has 2 rings (SSSR count). The van der Waals surface area contributed by atoms with Crippen molar-refractivity contribution in [3.05, 3.63) is 53.5 Å². The summed E-state index contributed by atoms with van der Waals surface area (Å²) in [5, 5.41) is 11.1. The largest absolute Gasteiger partial charge is 0.481 e. The van der Waals surface area contributed by atoms with Crippen molar-refractivity contribution in [1.29, 1.82) is 0 Å². The highest BCUT2D eigenvalue weighted by molar-refractivity contribution is 7.88. The molecule has 2 aromatic rings. The van der Waals surface area contributed by atoms with Crippen LogP contribution in [0.15, 0.2) is 46.1 Å². The van der Waals surface area contributed by atoms with Gasteiger partial charge in [0.05, 0.1) is 18.0 Å². The van der Waals surface area contributed by atoms with Gasteiger partial charge in [0.2, 0.25) is 5.09 Å². The van der Waals surface area contributed by atoms with Gasteiger partial charge in [-0.3, -0.25) is 9.59 Å². The number of carbonyl (C=O) groups is 2. The molecule has 0 saturated carbocycles. The first-order chi connectivity index (χ1) is 12.1. The van der Waals surface area contributed by atoms with E-state index in [4.69, 9.17) is 9.52 Å². The lowest BCUT2D eigenvalue weighted by molar-refractivity contribution is -0.137. The first kappa shape index (κ1) is 19.6. The molecular weight excluding hydrogens is 367 g/mol. The number of nitrogens with one attached hydrogen (secondary N) is 1. The molecule has 2 N–H and O–H groups in total. The standard InChI is InChI=1S/C16H17FN2O6S/c1-19(2)26(23,24)15-7-11(9-25-15)16(22)18-13(8-14(20)21)10-3-5-12(17)6-4-10/h3-7,9,13H,8H2,1-2H3,(H,18,22)(H,20,21). The molecule has 140 valence electrons. The second kappa shape index (κ2) is 7.67. The maximum Gasteiger partial charge on any atom is 0.305 e. The Morgan fingerprint density at radius 1 is 1.27 bits per heavy atom. The first-order valence-corrected chi connectivity index (χ1v) is 8.84. The Morgan fingerprint density at radius 3 is 2.42 bits per heavy atom. The lowest BCUT2D eigenvalue weighted by Crippen LogP contribution is -2.30. The maximum absolute atomic E-state index is 13.0. The zero-order valence-corrected chi connectivity index (χ0v) is 14.8. The number of carbonyl (C=O) groups excluding carboxylic acids is 1. The van der Waals surface area contributed by atoms with Crippen LogP contribution in [0.25, 0.3) is 0 Å². The van der Waals surface area contributed by atoms with Crippen LogP contribution in [-0.2, 0) is 14.8 Å². The van der Waals surface area contributed by atoms with E-state index in [9.17, 15) is 22.4 Å². The molecule has 0 fully saturated rings. The smallest absolute Gasteiger partial charge is 0.305 e. The third-order valence-corrected chi connectivity index (χ3v) is 5.21. The Balaban J connectivity index is 2.23. The third-order valence-electron chi connectivity index (χ3n) is 3.53. The zero-order valence-electron chi connectivity index (χ0n) is 14.0. The molecule has 1 unspecified atom stereocenters. The van der Waals surface area contributed by atoms with Crippen molar-refractivity contribution >= 4 is 21.9 Å². The number of hydrogen-bond acceptors (Lipinski definition) is 5. The van der Waals surface area contributed by atoms with E-state index in [0.29, 0.717) is 5.56 Å². The summed E-state index contributed by atoms with van der Waals surface area (Å²) < 4.78 is 42.9. The minimum atomic E-state index is -3.84. The summed E-state index contributed by atoms with van der Waals surface area (Å²) in [7, 11) is -1.21. The molecule has 1 aromatic heterocycles. The summed E-state index contributed by atoms with van der Waals surface area (Å²) in [6.07, 6.45) is 0.534. The minimum Gasteiger partial charge on any atom is -0.481 e. The molecule has 10 heteroatoms. The number of amides is 1. The molecule has 1 amide bonds. The Kier molecular flexibility index (Phi) is 5.78. The number of furan rings is 1. The number of sulfonamides is 1. The number of carboxylic acid groups (broad SMARTS) is 1. The van der Waals surface area contributed by atoms with Gasteiger partial charge in [-0.25, -0.2) is 17.1 Å². The molecule has 1 aromatic carbocycles. The number of nitrogens with zero attached hydrogens (tertiary/aromatic N) is 1. The third kappa shape index (κ3) is 4.46. The van der Waals surface area contributed by atoms with Crippen molar-refractivity contribution in [2.24, 2.45) is 0 Å². The van der Waals surface area contributed by atoms with Gasteiger partial charge in [-0.15, -0.1) is 0 Å². The second-order valence-corrected chi connectivity index (χ2v) is 7.70. The normalized spacial score (nSPS) is 12.8. The Bertz CT molecular complexity index is 905. The summed E-state index contributed by atoms with van der Waals surface area (Å²) in [5.74, 6) is -2.38.